The van der Waals surface area contributed by atoms with E-state index in [1.807, 2.05) is 0 Å². The van der Waals surface area contributed by atoms with Gasteiger partial charge in [0.2, 0.25) is 0 Å². The van der Waals surface area contributed by atoms with Gasteiger partial charge >= 0.3 is 0 Å². The summed E-state index contributed by atoms with van der Waals surface area (Å²) >= 11 is 0. The van der Waals surface area contributed by atoms with Gasteiger partial charge in [0.15, 0.2) is 0 Å². The van der Waals surface area contributed by atoms with E-state index in [9.17, 15) is 0 Å². The first kappa shape index (κ1) is 54.2. The van der Waals surface area contributed by atoms with Crippen molar-refractivity contribution in [2.45, 2.75) is 0 Å². The zero-order chi connectivity index (χ0) is 57.5. The highest BCUT2D eigenvalue weighted by molar-refractivity contribution is 5.79. The third-order valence-corrected chi connectivity index (χ3v) is 14.7. The highest BCUT2D eigenvalue weighted by Gasteiger charge is 2.29. The molecule has 0 N–H and O–H groups in total. The van der Waals surface area contributed by atoms with Crippen molar-refractivity contribution in [1.29, 1.82) is 0 Å². The van der Waals surface area contributed by atoms with Gasteiger partial charge in [0.05, 0.1) is 102 Å². The minimum atomic E-state index is 1.05. The van der Waals surface area contributed by atoms with E-state index in [1.54, 1.807) is 0 Å². The highest BCUT2D eigenvalue weighted by atomic mass is 15.6. The Balaban J connectivity index is 1.05. The lowest BCUT2D eigenvalue weighted by Crippen LogP contribution is -2.33. The Morgan fingerprint density at radius 1 is 0.163 bits per heavy atom. The van der Waals surface area contributed by atoms with Crippen LogP contribution >= 0.6 is 0 Å². The van der Waals surface area contributed by atoms with Gasteiger partial charge in [-0.05, 0) is 121 Å². The maximum Gasteiger partial charge on any atom is 0.0886 e. The normalized spacial score (nSPS) is 11.5. The largest absolute Gasteiger partial charge is 0.319 e. The molecule has 0 aliphatic rings. The van der Waals surface area contributed by atoms with E-state index < -0.39 is 0 Å². The van der Waals surface area contributed by atoms with E-state index >= 15 is 0 Å². The molecule has 0 fully saturated rings. The van der Waals surface area contributed by atoms with Crippen LogP contribution < -0.4 is 50.1 Å². The van der Waals surface area contributed by atoms with Crippen molar-refractivity contribution in [1.82, 2.24) is 46.8 Å². The smallest absolute Gasteiger partial charge is 0.0886 e. The number of hydrogen-bond donors (Lipinski definition) is 0. The second-order valence-electron chi connectivity index (χ2n) is 22.3. The average molecular weight is 1080 g/mol. The fourth-order valence-corrected chi connectivity index (χ4v) is 11.8. The first-order chi connectivity index (χ1) is 38.0. The number of rotatable bonds is 19. The van der Waals surface area contributed by atoms with Crippen LogP contribution in [0.2, 0.25) is 0 Å². The van der Waals surface area contributed by atoms with E-state index in [0.29, 0.717) is 0 Å². The molecule has 0 radical (unpaired) electrons. The average Bonchev–Trinajstić information content (AvgIpc) is 4.43. The van der Waals surface area contributed by atoms with E-state index in [-0.39, 0.29) is 0 Å². The predicted octanol–water partition coefficient (Wildman–Crippen LogP) is 6.68. The van der Waals surface area contributed by atoms with E-state index in [0.717, 1.165) is 102 Å². The minimum Gasteiger partial charge on any atom is -0.319 e. The molecule has 0 amide bonds. The van der Waals surface area contributed by atoms with Gasteiger partial charge in [0.1, 0.15) is 0 Å². The first-order valence-electron chi connectivity index (χ1n) is 26.9. The van der Waals surface area contributed by atoms with Crippen molar-refractivity contribution in [2.24, 2.45) is 0 Å². The Labute approximate surface area is 472 Å². The molecule has 0 bridgehead atoms. The molecule has 20 heteroatoms. The van der Waals surface area contributed by atoms with Crippen LogP contribution in [0.5, 0.6) is 0 Å². The van der Waals surface area contributed by atoms with Gasteiger partial charge in [-0.25, -0.2) is 0 Å². The lowest BCUT2D eigenvalue weighted by molar-refractivity contribution is 0.689. The van der Waals surface area contributed by atoms with Crippen molar-refractivity contribution in [3.63, 3.8) is 0 Å². The Morgan fingerprint density at radius 2 is 0.287 bits per heavy atom. The summed E-state index contributed by atoms with van der Waals surface area (Å²) < 4.78 is 22.8. The van der Waals surface area contributed by atoms with Crippen LogP contribution in [0.15, 0.2) is 134 Å². The molecule has 0 atom stereocenters. The van der Waals surface area contributed by atoms with E-state index in [4.69, 9.17) is 0 Å². The summed E-state index contributed by atoms with van der Waals surface area (Å²) in [6.07, 6.45) is 4.19. The molecule has 0 aliphatic heterocycles. The maximum atomic E-state index is 2.32. The first-order valence-corrected chi connectivity index (χ1v) is 26.9. The van der Waals surface area contributed by atoms with Crippen molar-refractivity contribution >= 4 is 0 Å². The van der Waals surface area contributed by atoms with Crippen LogP contribution in [-0.4, -0.2) is 188 Å². The molecule has 10 aromatic rings. The zero-order valence-corrected chi connectivity index (χ0v) is 50.6. The molecule has 80 heavy (non-hydrogen) atoms. The molecule has 10 aromatic heterocycles. The van der Waals surface area contributed by atoms with Crippen molar-refractivity contribution < 1.29 is 0 Å². The molecular weight excluding hydrogens is 1000 g/mol. The fourth-order valence-electron chi connectivity index (χ4n) is 11.8. The maximum absolute atomic E-state index is 2.32. The quantitative estimate of drug-likeness (QED) is 0.0876. The highest BCUT2D eigenvalue weighted by Crippen LogP contribution is 2.40. The number of aromatic nitrogens is 10. The van der Waals surface area contributed by atoms with Crippen LogP contribution in [0.1, 0.15) is 0 Å². The topological polar surface area (TPSA) is 81.7 Å². The Kier molecular flexibility index (Phi) is 13.9. The van der Waals surface area contributed by atoms with Gasteiger partial charge in [-0.2, -0.15) is 0 Å². The third kappa shape index (κ3) is 8.69. The minimum absolute atomic E-state index is 1.05. The second-order valence-corrected chi connectivity index (χ2v) is 22.3. The second kappa shape index (κ2) is 20.5. The van der Waals surface area contributed by atoms with Gasteiger partial charge < -0.3 is 50.1 Å². The Morgan fingerprint density at radius 3 is 0.400 bits per heavy atom. The van der Waals surface area contributed by atoms with E-state index in [1.165, 1.54) is 0 Å². The molecular formula is C60H82N20. The summed E-state index contributed by atoms with van der Waals surface area (Å²) in [5.74, 6) is 0. The van der Waals surface area contributed by atoms with Gasteiger partial charge in [-0.3, -0.25) is 46.8 Å². The van der Waals surface area contributed by atoms with Crippen LogP contribution in [0.4, 0.5) is 0 Å². The molecule has 0 aromatic carbocycles. The summed E-state index contributed by atoms with van der Waals surface area (Å²) in [4.78, 5) is 0. The lowest BCUT2D eigenvalue weighted by atomic mass is 10.3. The lowest BCUT2D eigenvalue weighted by Gasteiger charge is -2.29. The molecule has 10 heterocycles. The number of hydrogen-bond acceptors (Lipinski definition) is 10. The molecule has 10 rings (SSSR count). The van der Waals surface area contributed by atoms with Crippen molar-refractivity contribution in [3.8, 4) is 102 Å². The molecule has 20 nitrogen and oxygen atoms in total. The SMILES string of the molecule is CN(C)n1cccc1-c1ccc(-c2ccc(-c3ccc(-c4ccc(-c5ccc(-c6ccc(-c7ccc(-c8ccc(-c9cccn9N(C)C)n8N(C)C)n7N(C)C)n6N(C)C)n5N(C)C)n4N(C)C)n3N(C)C)n2N(C)C)n1N(C)C. The van der Waals surface area contributed by atoms with Crippen molar-refractivity contribution in [2.75, 3.05) is 191 Å². The molecule has 0 aliphatic carbocycles. The summed E-state index contributed by atoms with van der Waals surface area (Å²) in [5, 5.41) is 21.5. The van der Waals surface area contributed by atoms with Crippen LogP contribution in [0.3, 0.4) is 0 Å². The van der Waals surface area contributed by atoms with Gasteiger partial charge in [0, 0.05) is 153 Å². The molecule has 0 saturated carbocycles. The summed E-state index contributed by atoms with van der Waals surface area (Å²) in [5.41, 5.74) is 19.2. The number of nitrogens with zero attached hydrogens (tertiary/aromatic N) is 20. The van der Waals surface area contributed by atoms with Gasteiger partial charge in [-0.15, -0.1) is 0 Å². The summed E-state index contributed by atoms with van der Waals surface area (Å²) in [6, 6.07) is 44.3. The summed E-state index contributed by atoms with van der Waals surface area (Å²) in [7, 11) is 42.0. The van der Waals surface area contributed by atoms with Gasteiger partial charge in [0.25, 0.3) is 0 Å². The van der Waals surface area contributed by atoms with Crippen molar-refractivity contribution in [3.05, 3.63) is 134 Å². The standard InChI is InChI=1S/C60H82N20/c1-61(2)71-41-21-23-43(71)45-25-27-47(73(45)63(5)6)49-29-31-51(75(49)65(9)10)53-33-35-55(77(53)67(13)14)57-37-39-59(79(57)69(17)18)60-40-38-58(80(60)70(19)20)56-36-34-54(78(56)68(15)16)52-32-30-50(76(52)66(11)12)48-28-26-46(74(48)64(7)8)44-24-22-42-72(44)62(3)4/h21-42H,1-20H3. The predicted molar refractivity (Wildman–Crippen MR) is 336 cm³/mol. The Hall–Kier alpha value is -9.20. The summed E-state index contributed by atoms with van der Waals surface area (Å²) in [6.45, 7) is 0. The molecule has 0 saturated heterocycles. The van der Waals surface area contributed by atoms with Crippen LogP contribution in [0, 0.1) is 0 Å². The Bertz CT molecular complexity index is 3540. The molecule has 422 valence electrons. The zero-order valence-electron chi connectivity index (χ0n) is 50.6. The molecule has 0 spiro atoms. The monoisotopic (exact) mass is 1080 g/mol. The van der Waals surface area contributed by atoms with Crippen LogP contribution in [-0.2, 0) is 0 Å². The van der Waals surface area contributed by atoms with E-state index in [2.05, 4.69) is 372 Å². The van der Waals surface area contributed by atoms with Gasteiger partial charge in [-0.1, -0.05) is 0 Å². The van der Waals surface area contributed by atoms with Crippen LogP contribution in [0.25, 0.3) is 102 Å². The fraction of sp³-hybridized carbons (Fsp3) is 0.333. The third-order valence-electron chi connectivity index (χ3n) is 14.7. The molecule has 0 unspecified atom stereocenters.